The lowest BCUT2D eigenvalue weighted by Gasteiger charge is -2.08. The van der Waals surface area contributed by atoms with Gasteiger partial charge in [0.15, 0.2) is 6.61 Å². The molecule has 0 unspecified atom stereocenters. The van der Waals surface area contributed by atoms with Crippen LogP contribution in [0.4, 0.5) is 15.8 Å². The number of benzene rings is 2. The second kappa shape index (κ2) is 7.91. The van der Waals surface area contributed by atoms with E-state index in [-0.39, 0.29) is 21.3 Å². The summed E-state index contributed by atoms with van der Waals surface area (Å²) in [5.74, 6) is -2.40. The maximum absolute atomic E-state index is 12.9. The molecule has 7 nitrogen and oxygen atoms in total. The first-order chi connectivity index (χ1) is 11.8. The van der Waals surface area contributed by atoms with E-state index in [1.54, 1.807) is 0 Å². The van der Waals surface area contributed by atoms with Gasteiger partial charge in [-0.05, 0) is 30.3 Å². The van der Waals surface area contributed by atoms with Gasteiger partial charge in [0.2, 0.25) is 0 Å². The number of nitrogens with zero attached hydrogens (tertiary/aromatic N) is 1. The SMILES string of the molecule is O=C(COC(=O)c1ccc(Cl)cc1[N+](=O)[O-])Nc1ccc(F)cc1Cl. The molecule has 10 heteroatoms. The number of nitrogens with one attached hydrogen (secondary N) is 1. The molecule has 0 radical (unpaired) electrons. The summed E-state index contributed by atoms with van der Waals surface area (Å²) in [6, 6.07) is 6.73. The minimum Gasteiger partial charge on any atom is -0.452 e. The Morgan fingerprint density at radius 3 is 2.56 bits per heavy atom. The maximum Gasteiger partial charge on any atom is 0.345 e. The highest BCUT2D eigenvalue weighted by molar-refractivity contribution is 6.33. The van der Waals surface area contributed by atoms with Crippen LogP contribution >= 0.6 is 23.2 Å². The Hall–Kier alpha value is -2.71. The Labute approximate surface area is 150 Å². The van der Waals surface area contributed by atoms with Gasteiger partial charge in [0, 0.05) is 11.1 Å². The normalized spacial score (nSPS) is 10.2. The third-order valence-electron chi connectivity index (χ3n) is 2.92. The lowest BCUT2D eigenvalue weighted by Crippen LogP contribution is -2.21. The minimum absolute atomic E-state index is 0.0342. The van der Waals surface area contributed by atoms with E-state index in [2.05, 4.69) is 5.32 Å². The number of ether oxygens (including phenoxy) is 1. The largest absolute Gasteiger partial charge is 0.452 e. The van der Waals surface area contributed by atoms with Crippen LogP contribution < -0.4 is 5.32 Å². The Balaban J connectivity index is 2.02. The van der Waals surface area contributed by atoms with E-state index in [0.29, 0.717) is 0 Å². The Bertz CT molecular complexity index is 860. The monoisotopic (exact) mass is 386 g/mol. The molecule has 1 amide bonds. The quantitative estimate of drug-likeness (QED) is 0.478. The van der Waals surface area contributed by atoms with Crippen molar-refractivity contribution in [1.29, 1.82) is 0 Å². The van der Waals surface area contributed by atoms with Gasteiger partial charge >= 0.3 is 5.97 Å². The van der Waals surface area contributed by atoms with E-state index in [0.717, 1.165) is 24.3 Å². The molecular weight excluding hydrogens is 378 g/mol. The molecule has 130 valence electrons. The van der Waals surface area contributed by atoms with Crippen LogP contribution in [0.3, 0.4) is 0 Å². The van der Waals surface area contributed by atoms with Gasteiger partial charge in [0.1, 0.15) is 11.4 Å². The van der Waals surface area contributed by atoms with Crippen LogP contribution in [0.1, 0.15) is 10.4 Å². The van der Waals surface area contributed by atoms with Crippen LogP contribution in [0.2, 0.25) is 10.0 Å². The molecule has 0 aliphatic carbocycles. The van der Waals surface area contributed by atoms with Crippen LogP contribution in [-0.2, 0) is 9.53 Å². The standard InChI is InChI=1S/C15H9Cl2FN2O5/c16-8-1-3-10(13(5-8)20(23)24)15(22)25-7-14(21)19-12-4-2-9(18)6-11(12)17/h1-6H,7H2,(H,19,21). The zero-order chi connectivity index (χ0) is 18.6. The second-order valence-electron chi connectivity index (χ2n) is 4.67. The first kappa shape index (κ1) is 18.6. The summed E-state index contributed by atoms with van der Waals surface area (Å²) < 4.78 is 17.7. The van der Waals surface area contributed by atoms with Gasteiger partial charge in [-0.15, -0.1) is 0 Å². The molecule has 0 saturated carbocycles. The topological polar surface area (TPSA) is 98.5 Å². The summed E-state index contributed by atoms with van der Waals surface area (Å²) in [6.07, 6.45) is 0. The number of anilines is 1. The second-order valence-corrected chi connectivity index (χ2v) is 5.51. The van der Waals surface area contributed by atoms with Crippen LogP contribution in [-0.4, -0.2) is 23.4 Å². The Morgan fingerprint density at radius 1 is 1.20 bits per heavy atom. The van der Waals surface area contributed by atoms with E-state index in [4.69, 9.17) is 27.9 Å². The van der Waals surface area contributed by atoms with Crippen molar-refractivity contribution < 1.29 is 23.6 Å². The average molecular weight is 387 g/mol. The van der Waals surface area contributed by atoms with Gasteiger partial charge in [-0.2, -0.15) is 0 Å². The van der Waals surface area contributed by atoms with Gasteiger partial charge in [-0.3, -0.25) is 14.9 Å². The number of amides is 1. The van der Waals surface area contributed by atoms with E-state index in [1.807, 2.05) is 0 Å². The van der Waals surface area contributed by atoms with Crippen molar-refractivity contribution in [3.63, 3.8) is 0 Å². The summed E-state index contributed by atoms with van der Waals surface area (Å²) in [5, 5.41) is 13.3. The molecule has 0 aliphatic rings. The number of carbonyl (C=O) groups is 2. The molecule has 0 heterocycles. The summed E-state index contributed by atoms with van der Waals surface area (Å²) in [5.41, 5.74) is -0.761. The molecule has 0 saturated heterocycles. The number of esters is 1. The Kier molecular flexibility index (Phi) is 5.89. The molecule has 2 aromatic rings. The highest BCUT2D eigenvalue weighted by atomic mass is 35.5. The number of rotatable bonds is 5. The molecule has 0 aliphatic heterocycles. The smallest absolute Gasteiger partial charge is 0.345 e. The van der Waals surface area contributed by atoms with Gasteiger partial charge < -0.3 is 10.1 Å². The van der Waals surface area contributed by atoms with Gasteiger partial charge in [-0.25, -0.2) is 9.18 Å². The van der Waals surface area contributed by atoms with E-state index in [1.165, 1.54) is 12.1 Å². The fourth-order valence-electron chi connectivity index (χ4n) is 1.81. The van der Waals surface area contributed by atoms with E-state index >= 15 is 0 Å². The van der Waals surface area contributed by atoms with Crippen LogP contribution in [0, 0.1) is 15.9 Å². The fraction of sp³-hybridized carbons (Fsp3) is 0.0667. The van der Waals surface area contributed by atoms with Gasteiger partial charge in [0.25, 0.3) is 11.6 Å². The van der Waals surface area contributed by atoms with Crippen molar-refractivity contribution in [3.05, 3.63) is 67.9 Å². The lowest BCUT2D eigenvalue weighted by atomic mass is 10.2. The molecule has 2 rings (SSSR count). The van der Waals surface area contributed by atoms with Crippen LogP contribution in [0.15, 0.2) is 36.4 Å². The Morgan fingerprint density at radius 2 is 1.92 bits per heavy atom. The molecular formula is C15H9Cl2FN2O5. The number of nitro benzene ring substituents is 1. The number of carbonyl (C=O) groups excluding carboxylic acids is 2. The van der Waals surface area contributed by atoms with E-state index in [9.17, 15) is 24.1 Å². The van der Waals surface area contributed by atoms with Crippen molar-refractivity contribution >= 4 is 46.5 Å². The molecule has 2 aromatic carbocycles. The first-order valence-corrected chi connectivity index (χ1v) is 7.39. The van der Waals surface area contributed by atoms with Crippen molar-refractivity contribution in [3.8, 4) is 0 Å². The number of nitro groups is 1. The maximum atomic E-state index is 12.9. The summed E-state index contributed by atoms with van der Waals surface area (Å²) >= 11 is 11.4. The molecule has 1 N–H and O–H groups in total. The molecule has 0 atom stereocenters. The molecule has 0 aromatic heterocycles. The minimum atomic E-state index is -1.07. The first-order valence-electron chi connectivity index (χ1n) is 6.64. The van der Waals surface area contributed by atoms with Gasteiger partial charge in [0.05, 0.1) is 15.6 Å². The van der Waals surface area contributed by atoms with Crippen LogP contribution in [0.5, 0.6) is 0 Å². The predicted molar refractivity (Wildman–Crippen MR) is 88.4 cm³/mol. The zero-order valence-corrected chi connectivity index (χ0v) is 13.8. The summed E-state index contributed by atoms with van der Waals surface area (Å²) in [6.45, 7) is -0.716. The lowest BCUT2D eigenvalue weighted by molar-refractivity contribution is -0.385. The summed E-state index contributed by atoms with van der Waals surface area (Å²) in [7, 11) is 0. The molecule has 25 heavy (non-hydrogen) atoms. The van der Waals surface area contributed by atoms with Crippen molar-refractivity contribution in [1.82, 2.24) is 0 Å². The average Bonchev–Trinajstić information content (AvgIpc) is 2.55. The zero-order valence-electron chi connectivity index (χ0n) is 12.3. The fourth-order valence-corrected chi connectivity index (χ4v) is 2.20. The summed E-state index contributed by atoms with van der Waals surface area (Å²) in [4.78, 5) is 33.8. The highest BCUT2D eigenvalue weighted by Crippen LogP contribution is 2.24. The highest BCUT2D eigenvalue weighted by Gasteiger charge is 2.22. The number of halogens is 3. The van der Waals surface area contributed by atoms with Crippen LogP contribution in [0.25, 0.3) is 0 Å². The van der Waals surface area contributed by atoms with Crippen molar-refractivity contribution in [2.45, 2.75) is 0 Å². The van der Waals surface area contributed by atoms with Crippen molar-refractivity contribution in [2.24, 2.45) is 0 Å². The third kappa shape index (κ3) is 4.88. The van der Waals surface area contributed by atoms with Gasteiger partial charge in [-0.1, -0.05) is 23.2 Å². The molecule has 0 fully saturated rings. The van der Waals surface area contributed by atoms with Crippen molar-refractivity contribution in [2.75, 3.05) is 11.9 Å². The number of hydrogen-bond donors (Lipinski definition) is 1. The molecule has 0 bridgehead atoms. The third-order valence-corrected chi connectivity index (χ3v) is 3.46. The molecule has 0 spiro atoms. The number of hydrogen-bond acceptors (Lipinski definition) is 5. The predicted octanol–water partition coefficient (Wildman–Crippen LogP) is 3.84. The van der Waals surface area contributed by atoms with E-state index < -0.39 is 34.9 Å².